The summed E-state index contributed by atoms with van der Waals surface area (Å²) in [4.78, 5) is 23.8. The van der Waals surface area contributed by atoms with Crippen molar-refractivity contribution in [2.24, 2.45) is 0 Å². The van der Waals surface area contributed by atoms with Gasteiger partial charge in [0.1, 0.15) is 5.57 Å². The van der Waals surface area contributed by atoms with E-state index in [-0.39, 0.29) is 5.57 Å². The van der Waals surface area contributed by atoms with Crippen molar-refractivity contribution in [2.75, 3.05) is 0 Å². The van der Waals surface area contributed by atoms with Gasteiger partial charge in [0.15, 0.2) is 0 Å². The topological polar surface area (TPSA) is 76.4 Å². The fourth-order valence-electron chi connectivity index (χ4n) is 2.06. The average molecular weight is 285 g/mol. The molecule has 0 amide bonds. The summed E-state index contributed by atoms with van der Waals surface area (Å²) in [5.74, 6) is -2.66. The van der Waals surface area contributed by atoms with E-state index >= 15 is 0 Å². The van der Waals surface area contributed by atoms with Crippen LogP contribution in [0.25, 0.3) is 6.08 Å². The highest BCUT2D eigenvalue weighted by atomic mass is 16.7. The third-order valence-corrected chi connectivity index (χ3v) is 3.07. The zero-order chi connectivity index (χ0) is 15.6. The molecule has 5 heteroatoms. The number of cyclic esters (lactones) is 2. The minimum atomic E-state index is -1.25. The van der Waals surface area contributed by atoms with Gasteiger partial charge in [0.05, 0.1) is 11.6 Å². The Kier molecular flexibility index (Phi) is 3.81. The zero-order valence-corrected chi connectivity index (χ0v) is 12.1. The van der Waals surface area contributed by atoms with Crippen molar-refractivity contribution in [2.45, 2.75) is 33.0 Å². The number of rotatable bonds is 2. The number of ether oxygens (including phenoxy) is 2. The van der Waals surface area contributed by atoms with Crippen molar-refractivity contribution in [3.8, 4) is 6.07 Å². The fourth-order valence-corrected chi connectivity index (χ4v) is 2.06. The van der Waals surface area contributed by atoms with E-state index in [2.05, 4.69) is 6.07 Å². The lowest BCUT2D eigenvalue weighted by molar-refractivity contribution is -0.222. The first kappa shape index (κ1) is 14.8. The van der Waals surface area contributed by atoms with E-state index in [1.54, 1.807) is 18.2 Å². The molecule has 1 fully saturated rings. The van der Waals surface area contributed by atoms with Crippen molar-refractivity contribution < 1.29 is 19.1 Å². The third kappa shape index (κ3) is 3.11. The predicted molar refractivity (Wildman–Crippen MR) is 74.8 cm³/mol. The Morgan fingerprint density at radius 1 is 1.24 bits per heavy atom. The van der Waals surface area contributed by atoms with E-state index in [9.17, 15) is 9.59 Å². The molecule has 0 unspecified atom stereocenters. The fraction of sp³-hybridized carbons (Fsp3) is 0.312. The summed E-state index contributed by atoms with van der Waals surface area (Å²) in [7, 11) is 0. The molecule has 1 aliphatic rings. The summed E-state index contributed by atoms with van der Waals surface area (Å²) in [6.45, 7) is 4.93. The van der Waals surface area contributed by atoms with E-state index < -0.39 is 17.7 Å². The average Bonchev–Trinajstić information content (AvgIpc) is 2.41. The van der Waals surface area contributed by atoms with Crippen LogP contribution in [0.1, 0.15) is 37.5 Å². The lowest BCUT2D eigenvalue weighted by Gasteiger charge is -2.29. The zero-order valence-electron chi connectivity index (χ0n) is 12.1. The van der Waals surface area contributed by atoms with Crippen LogP contribution in [0.2, 0.25) is 0 Å². The van der Waals surface area contributed by atoms with Gasteiger partial charge in [-0.15, -0.1) is 0 Å². The minimum Gasteiger partial charge on any atom is -0.419 e. The van der Waals surface area contributed by atoms with Crippen molar-refractivity contribution in [3.05, 3.63) is 40.5 Å². The minimum absolute atomic E-state index is 0.145. The third-order valence-electron chi connectivity index (χ3n) is 3.07. The lowest BCUT2D eigenvalue weighted by Crippen LogP contribution is -2.41. The highest BCUT2D eigenvalue weighted by molar-refractivity contribution is 6.18. The number of nitriles is 1. The second kappa shape index (κ2) is 5.41. The molecule has 0 saturated carbocycles. The molecule has 1 saturated heterocycles. The van der Waals surface area contributed by atoms with Gasteiger partial charge in [-0.3, -0.25) is 0 Å². The number of hydrogen-bond acceptors (Lipinski definition) is 5. The molecule has 0 aliphatic carbocycles. The van der Waals surface area contributed by atoms with E-state index in [1.807, 2.05) is 6.92 Å². The number of hydrogen-bond donors (Lipinski definition) is 0. The molecule has 5 nitrogen and oxygen atoms in total. The maximum absolute atomic E-state index is 11.9. The van der Waals surface area contributed by atoms with E-state index in [0.29, 0.717) is 17.5 Å². The SMILES string of the molecule is CCc1cc(C#N)ccc1C=C1C(=O)OC(C)(C)OC1=O. The molecular weight excluding hydrogens is 270 g/mol. The first-order valence-corrected chi connectivity index (χ1v) is 6.57. The molecule has 21 heavy (non-hydrogen) atoms. The second-order valence-corrected chi connectivity index (χ2v) is 5.12. The molecule has 0 spiro atoms. The molecule has 0 atom stereocenters. The van der Waals surface area contributed by atoms with Crippen LogP contribution in [-0.4, -0.2) is 17.7 Å². The van der Waals surface area contributed by atoms with Gasteiger partial charge < -0.3 is 9.47 Å². The van der Waals surface area contributed by atoms with Gasteiger partial charge in [0.2, 0.25) is 0 Å². The maximum atomic E-state index is 11.9. The van der Waals surface area contributed by atoms with Gasteiger partial charge in [-0.05, 0) is 35.8 Å². The van der Waals surface area contributed by atoms with Gasteiger partial charge in [-0.2, -0.15) is 5.26 Å². The molecule has 108 valence electrons. The van der Waals surface area contributed by atoms with Gasteiger partial charge in [-0.1, -0.05) is 13.0 Å². The number of aryl methyl sites for hydroxylation is 1. The highest BCUT2D eigenvalue weighted by Crippen LogP contribution is 2.25. The molecule has 0 radical (unpaired) electrons. The van der Waals surface area contributed by atoms with Crippen molar-refractivity contribution in [1.29, 1.82) is 5.26 Å². The molecular formula is C16H15NO4. The molecule has 1 heterocycles. The van der Waals surface area contributed by atoms with Crippen LogP contribution in [0.3, 0.4) is 0 Å². The number of carbonyl (C=O) groups excluding carboxylic acids is 2. The van der Waals surface area contributed by atoms with Gasteiger partial charge in [-0.25, -0.2) is 9.59 Å². The van der Waals surface area contributed by atoms with Crippen LogP contribution in [0, 0.1) is 11.3 Å². The lowest BCUT2D eigenvalue weighted by atomic mass is 10.00. The Morgan fingerprint density at radius 3 is 2.38 bits per heavy atom. The second-order valence-electron chi connectivity index (χ2n) is 5.12. The normalized spacial score (nSPS) is 16.8. The smallest absolute Gasteiger partial charge is 0.348 e. The maximum Gasteiger partial charge on any atom is 0.348 e. The Morgan fingerprint density at radius 2 is 1.86 bits per heavy atom. The summed E-state index contributed by atoms with van der Waals surface area (Å²) in [5, 5.41) is 8.90. The van der Waals surface area contributed by atoms with Crippen LogP contribution in [0.15, 0.2) is 23.8 Å². The van der Waals surface area contributed by atoms with Crippen molar-refractivity contribution in [1.82, 2.24) is 0 Å². The van der Waals surface area contributed by atoms with Crippen LogP contribution >= 0.6 is 0 Å². The van der Waals surface area contributed by atoms with Gasteiger partial charge >= 0.3 is 11.9 Å². The standard InChI is InChI=1S/C16H15NO4/c1-4-11-7-10(9-17)5-6-12(11)8-13-14(18)20-16(2,3)21-15(13)19/h5-8H,4H2,1-3H3. The predicted octanol–water partition coefficient (Wildman–Crippen LogP) is 2.34. The number of nitrogens with zero attached hydrogens (tertiary/aromatic N) is 1. The Hall–Kier alpha value is -2.61. The Balaban J connectivity index is 2.42. The van der Waals surface area contributed by atoms with Gasteiger partial charge in [0.25, 0.3) is 5.79 Å². The molecule has 0 aromatic heterocycles. The molecule has 0 N–H and O–H groups in total. The van der Waals surface area contributed by atoms with Crippen LogP contribution in [0.4, 0.5) is 0 Å². The Labute approximate surface area is 122 Å². The van der Waals surface area contributed by atoms with Crippen molar-refractivity contribution in [3.63, 3.8) is 0 Å². The summed E-state index contributed by atoms with van der Waals surface area (Å²) < 4.78 is 10.1. The number of benzene rings is 1. The molecule has 1 aromatic rings. The van der Waals surface area contributed by atoms with Crippen LogP contribution in [0.5, 0.6) is 0 Å². The van der Waals surface area contributed by atoms with Gasteiger partial charge in [0, 0.05) is 13.8 Å². The molecule has 2 rings (SSSR count). The first-order valence-electron chi connectivity index (χ1n) is 6.57. The molecule has 1 aliphatic heterocycles. The summed E-state index contributed by atoms with van der Waals surface area (Å²) in [5.41, 5.74) is 1.95. The summed E-state index contributed by atoms with van der Waals surface area (Å²) in [6, 6.07) is 7.12. The van der Waals surface area contributed by atoms with E-state index in [1.165, 1.54) is 19.9 Å². The van der Waals surface area contributed by atoms with Crippen LogP contribution in [-0.2, 0) is 25.5 Å². The quantitative estimate of drug-likeness (QED) is 0.473. The monoisotopic (exact) mass is 285 g/mol. The number of esters is 2. The Bertz CT molecular complexity index is 658. The van der Waals surface area contributed by atoms with E-state index in [0.717, 1.165) is 5.56 Å². The van der Waals surface area contributed by atoms with Crippen LogP contribution < -0.4 is 0 Å². The summed E-state index contributed by atoms with van der Waals surface area (Å²) >= 11 is 0. The largest absolute Gasteiger partial charge is 0.419 e. The van der Waals surface area contributed by atoms with Crippen molar-refractivity contribution >= 4 is 18.0 Å². The highest BCUT2D eigenvalue weighted by Gasteiger charge is 2.38. The van der Waals surface area contributed by atoms with E-state index in [4.69, 9.17) is 14.7 Å². The first-order chi connectivity index (χ1) is 9.86. The number of carbonyl (C=O) groups is 2. The summed E-state index contributed by atoms with van der Waals surface area (Å²) in [6.07, 6.45) is 2.12. The molecule has 0 bridgehead atoms. The molecule has 1 aromatic carbocycles.